The number of amides is 1. The standard InChI is InChI=1S/C16H13BrClNO3/c1-10(20)11-2-5-13(6-3-11)19-16(21)9-22-15-7-4-12(17)8-14(15)18/h2-8H,9H2,1H3,(H,19,21). The first-order valence-corrected chi connectivity index (χ1v) is 7.61. The molecule has 0 aliphatic carbocycles. The van der Waals surface area contributed by atoms with Gasteiger partial charge < -0.3 is 10.1 Å². The molecule has 1 N–H and O–H groups in total. The van der Waals surface area contributed by atoms with Gasteiger partial charge in [-0.25, -0.2) is 0 Å². The molecule has 0 aromatic heterocycles. The van der Waals surface area contributed by atoms with Gasteiger partial charge in [0.25, 0.3) is 5.91 Å². The third kappa shape index (κ3) is 4.58. The van der Waals surface area contributed by atoms with Crippen LogP contribution in [0.3, 0.4) is 0 Å². The maximum Gasteiger partial charge on any atom is 0.262 e. The third-order valence-electron chi connectivity index (χ3n) is 2.83. The van der Waals surface area contributed by atoms with Crippen molar-refractivity contribution in [3.8, 4) is 5.75 Å². The fraction of sp³-hybridized carbons (Fsp3) is 0.125. The van der Waals surface area contributed by atoms with Crippen molar-refractivity contribution in [1.82, 2.24) is 0 Å². The average molecular weight is 383 g/mol. The van der Waals surface area contributed by atoms with E-state index in [1.807, 2.05) is 0 Å². The van der Waals surface area contributed by atoms with E-state index in [4.69, 9.17) is 16.3 Å². The molecular weight excluding hydrogens is 370 g/mol. The van der Waals surface area contributed by atoms with Crippen LogP contribution >= 0.6 is 27.5 Å². The molecule has 0 fully saturated rings. The minimum atomic E-state index is -0.311. The molecule has 0 unspecified atom stereocenters. The van der Waals surface area contributed by atoms with E-state index in [9.17, 15) is 9.59 Å². The van der Waals surface area contributed by atoms with Crippen molar-refractivity contribution in [3.63, 3.8) is 0 Å². The minimum Gasteiger partial charge on any atom is -0.482 e. The highest BCUT2D eigenvalue weighted by atomic mass is 79.9. The zero-order chi connectivity index (χ0) is 16.1. The Morgan fingerprint density at radius 1 is 1.18 bits per heavy atom. The molecule has 22 heavy (non-hydrogen) atoms. The molecule has 0 atom stereocenters. The van der Waals surface area contributed by atoms with E-state index in [0.29, 0.717) is 22.0 Å². The SMILES string of the molecule is CC(=O)c1ccc(NC(=O)COc2ccc(Br)cc2Cl)cc1. The number of Topliss-reactive ketones (excluding diaryl/α,β-unsaturated/α-hetero) is 1. The summed E-state index contributed by atoms with van der Waals surface area (Å²) in [5.74, 6) is 0.104. The van der Waals surface area contributed by atoms with Gasteiger partial charge in [-0.15, -0.1) is 0 Å². The Morgan fingerprint density at radius 2 is 1.86 bits per heavy atom. The van der Waals surface area contributed by atoms with Crippen LogP contribution in [-0.4, -0.2) is 18.3 Å². The van der Waals surface area contributed by atoms with Crippen LogP contribution in [0.5, 0.6) is 5.75 Å². The molecule has 0 bridgehead atoms. The number of anilines is 1. The lowest BCUT2D eigenvalue weighted by molar-refractivity contribution is -0.118. The van der Waals surface area contributed by atoms with Crippen molar-refractivity contribution in [3.05, 3.63) is 57.5 Å². The van der Waals surface area contributed by atoms with E-state index >= 15 is 0 Å². The molecule has 2 aromatic rings. The molecular formula is C16H13BrClNO3. The lowest BCUT2D eigenvalue weighted by Crippen LogP contribution is -2.20. The predicted octanol–water partition coefficient (Wildman–Crippen LogP) is 4.32. The zero-order valence-electron chi connectivity index (χ0n) is 11.7. The van der Waals surface area contributed by atoms with Crippen molar-refractivity contribution in [1.29, 1.82) is 0 Å². The van der Waals surface area contributed by atoms with Gasteiger partial charge in [-0.1, -0.05) is 27.5 Å². The summed E-state index contributed by atoms with van der Waals surface area (Å²) < 4.78 is 6.20. The third-order valence-corrected chi connectivity index (χ3v) is 3.62. The number of carbonyl (C=O) groups is 2. The molecule has 6 heteroatoms. The van der Waals surface area contributed by atoms with Crippen LogP contribution in [-0.2, 0) is 4.79 Å². The molecule has 4 nitrogen and oxygen atoms in total. The van der Waals surface area contributed by atoms with E-state index in [-0.39, 0.29) is 18.3 Å². The first-order valence-electron chi connectivity index (χ1n) is 6.44. The molecule has 0 spiro atoms. The Labute approximate surface area is 141 Å². The number of benzene rings is 2. The van der Waals surface area contributed by atoms with Gasteiger partial charge >= 0.3 is 0 Å². The second kappa shape index (κ2) is 7.42. The summed E-state index contributed by atoms with van der Waals surface area (Å²) in [6.45, 7) is 1.33. The summed E-state index contributed by atoms with van der Waals surface area (Å²) in [5, 5.41) is 3.11. The smallest absolute Gasteiger partial charge is 0.262 e. The lowest BCUT2D eigenvalue weighted by atomic mass is 10.1. The normalized spacial score (nSPS) is 10.1. The molecule has 1 amide bonds. The second-order valence-corrected chi connectivity index (χ2v) is 5.87. The van der Waals surface area contributed by atoms with Crippen molar-refractivity contribution in [2.24, 2.45) is 0 Å². The van der Waals surface area contributed by atoms with Gasteiger partial charge in [-0.05, 0) is 49.4 Å². The number of carbonyl (C=O) groups excluding carboxylic acids is 2. The Hall–Kier alpha value is -1.85. The van der Waals surface area contributed by atoms with Crippen LogP contribution in [0.25, 0.3) is 0 Å². The Kier molecular flexibility index (Phi) is 5.57. The lowest BCUT2D eigenvalue weighted by Gasteiger charge is -2.09. The Morgan fingerprint density at radius 3 is 2.45 bits per heavy atom. The maximum atomic E-state index is 11.8. The summed E-state index contributed by atoms with van der Waals surface area (Å²) in [6, 6.07) is 11.8. The van der Waals surface area contributed by atoms with Crippen LogP contribution in [0.4, 0.5) is 5.69 Å². The van der Waals surface area contributed by atoms with Crippen molar-refractivity contribution >= 4 is 44.9 Å². The largest absolute Gasteiger partial charge is 0.482 e. The predicted molar refractivity (Wildman–Crippen MR) is 89.7 cm³/mol. The number of ketones is 1. The number of halogens is 2. The van der Waals surface area contributed by atoms with Crippen molar-refractivity contribution in [2.45, 2.75) is 6.92 Å². The zero-order valence-corrected chi connectivity index (χ0v) is 14.1. The van der Waals surface area contributed by atoms with E-state index in [2.05, 4.69) is 21.2 Å². The fourth-order valence-electron chi connectivity index (χ4n) is 1.72. The van der Waals surface area contributed by atoms with E-state index in [1.54, 1.807) is 42.5 Å². The highest BCUT2D eigenvalue weighted by Gasteiger charge is 2.07. The summed E-state index contributed by atoms with van der Waals surface area (Å²) in [7, 11) is 0. The van der Waals surface area contributed by atoms with Gasteiger partial charge in [0.1, 0.15) is 5.75 Å². The first kappa shape index (κ1) is 16.5. The number of nitrogens with one attached hydrogen (secondary N) is 1. The monoisotopic (exact) mass is 381 g/mol. The molecule has 0 aliphatic heterocycles. The first-order chi connectivity index (χ1) is 10.5. The van der Waals surface area contributed by atoms with Crippen LogP contribution < -0.4 is 10.1 Å². The van der Waals surface area contributed by atoms with Crippen LogP contribution in [0.1, 0.15) is 17.3 Å². The van der Waals surface area contributed by atoms with Gasteiger partial charge in [0.2, 0.25) is 0 Å². The molecule has 0 aliphatic rings. The number of hydrogen-bond donors (Lipinski definition) is 1. The molecule has 0 saturated carbocycles. The van der Waals surface area contributed by atoms with Gasteiger partial charge in [0.05, 0.1) is 5.02 Å². The quantitative estimate of drug-likeness (QED) is 0.783. The molecule has 114 valence electrons. The van der Waals surface area contributed by atoms with Gasteiger partial charge in [0.15, 0.2) is 12.4 Å². The molecule has 2 aromatic carbocycles. The summed E-state index contributed by atoms with van der Waals surface area (Å²) in [4.78, 5) is 23.0. The fourth-order valence-corrected chi connectivity index (χ4v) is 2.45. The van der Waals surface area contributed by atoms with Crippen molar-refractivity contribution < 1.29 is 14.3 Å². The highest BCUT2D eigenvalue weighted by molar-refractivity contribution is 9.10. The Balaban J connectivity index is 1.91. The molecule has 0 heterocycles. The number of rotatable bonds is 5. The summed E-state index contributed by atoms with van der Waals surface area (Å²) in [6.07, 6.45) is 0. The van der Waals surface area contributed by atoms with Crippen molar-refractivity contribution in [2.75, 3.05) is 11.9 Å². The van der Waals surface area contributed by atoms with E-state index in [1.165, 1.54) is 6.92 Å². The van der Waals surface area contributed by atoms with Gasteiger partial charge in [-0.2, -0.15) is 0 Å². The Bertz CT molecular complexity index is 701. The van der Waals surface area contributed by atoms with Gasteiger partial charge in [-0.3, -0.25) is 9.59 Å². The average Bonchev–Trinajstić information content (AvgIpc) is 2.47. The van der Waals surface area contributed by atoms with Crippen LogP contribution in [0.2, 0.25) is 5.02 Å². The number of ether oxygens (including phenoxy) is 1. The summed E-state index contributed by atoms with van der Waals surface area (Å²) in [5.41, 5.74) is 1.19. The minimum absolute atomic E-state index is 0.0221. The molecule has 0 saturated heterocycles. The summed E-state index contributed by atoms with van der Waals surface area (Å²) >= 11 is 9.29. The number of hydrogen-bond acceptors (Lipinski definition) is 3. The topological polar surface area (TPSA) is 55.4 Å². The molecule has 2 rings (SSSR count). The van der Waals surface area contributed by atoms with Crippen LogP contribution in [0.15, 0.2) is 46.9 Å². The second-order valence-electron chi connectivity index (χ2n) is 4.55. The van der Waals surface area contributed by atoms with Crippen LogP contribution in [0, 0.1) is 0 Å². The van der Waals surface area contributed by atoms with Gasteiger partial charge in [0, 0.05) is 15.7 Å². The maximum absolute atomic E-state index is 11.8. The highest BCUT2D eigenvalue weighted by Crippen LogP contribution is 2.27. The van der Waals surface area contributed by atoms with E-state index < -0.39 is 0 Å². The molecule has 0 radical (unpaired) electrons. The van der Waals surface area contributed by atoms with E-state index in [0.717, 1.165) is 4.47 Å².